The van der Waals surface area contributed by atoms with Crippen LogP contribution in [-0.2, 0) is 15.1 Å². The summed E-state index contributed by atoms with van der Waals surface area (Å²) in [5, 5.41) is 7.64. The van der Waals surface area contributed by atoms with Crippen molar-refractivity contribution in [3.05, 3.63) is 53.3 Å². The molecule has 0 fully saturated rings. The third-order valence-corrected chi connectivity index (χ3v) is 7.49. The van der Waals surface area contributed by atoms with E-state index >= 15 is 0 Å². The first-order valence-electron chi connectivity index (χ1n) is 14.7. The summed E-state index contributed by atoms with van der Waals surface area (Å²) in [5.41, 5.74) is 2.78. The number of ether oxygens (including phenoxy) is 1. The standard InChI is InChI=1S/C20H23N5O2S.C12H26O/c1-13-6-5-7-15(22-13)16-12-28-19(23-16)24-17(26)10-21-18(27)14-8-9-25(11-14)20(2,3)4;1-5-8-12(13-7-3)10-9-11(4)6-2/h5-9,11-12H,10H2,1-4H3,(H,21,27)(H,23,24,26);11-12H,5-10H2,1-4H3. The minimum absolute atomic E-state index is 0.107. The molecular weight excluding hydrogens is 534 g/mol. The van der Waals surface area contributed by atoms with Crippen LogP contribution in [0.1, 0.15) is 96.6 Å². The van der Waals surface area contributed by atoms with Crippen molar-refractivity contribution in [2.45, 2.75) is 99.1 Å². The first-order chi connectivity index (χ1) is 19.5. The molecule has 226 valence electrons. The number of carbonyl (C=O) groups is 2. The molecule has 0 radical (unpaired) electrons. The molecule has 8 nitrogen and oxygen atoms in total. The second-order valence-electron chi connectivity index (χ2n) is 11.4. The van der Waals surface area contributed by atoms with Crippen molar-refractivity contribution in [2.24, 2.45) is 5.92 Å². The fraction of sp³-hybridized carbons (Fsp3) is 0.562. The summed E-state index contributed by atoms with van der Waals surface area (Å²) in [4.78, 5) is 33.2. The van der Waals surface area contributed by atoms with Gasteiger partial charge in [0.2, 0.25) is 5.91 Å². The normalized spacial score (nSPS) is 12.7. The second-order valence-corrected chi connectivity index (χ2v) is 12.2. The lowest BCUT2D eigenvalue weighted by Crippen LogP contribution is -2.32. The highest BCUT2D eigenvalue weighted by Crippen LogP contribution is 2.23. The SMILES string of the molecule is CCCC(CCC(C)CC)OCC.Cc1cccc(-c2csc(NC(=O)CNC(=O)c3ccn(C(C)(C)C)c3)n2)n1. The van der Waals surface area contributed by atoms with Gasteiger partial charge in [0.15, 0.2) is 5.13 Å². The first kappa shape index (κ1) is 34.2. The molecule has 2 atom stereocenters. The van der Waals surface area contributed by atoms with Gasteiger partial charge in [-0.1, -0.05) is 39.7 Å². The summed E-state index contributed by atoms with van der Waals surface area (Å²) >= 11 is 1.32. The van der Waals surface area contributed by atoms with Crippen molar-refractivity contribution in [1.29, 1.82) is 0 Å². The van der Waals surface area contributed by atoms with E-state index < -0.39 is 0 Å². The molecule has 0 aromatic carbocycles. The van der Waals surface area contributed by atoms with Gasteiger partial charge in [-0.05, 0) is 78.0 Å². The molecular formula is C32H49N5O3S. The van der Waals surface area contributed by atoms with Crippen LogP contribution in [0, 0.1) is 12.8 Å². The maximum Gasteiger partial charge on any atom is 0.253 e. The third kappa shape index (κ3) is 12.2. The molecule has 41 heavy (non-hydrogen) atoms. The average Bonchev–Trinajstić information content (AvgIpc) is 3.61. The van der Waals surface area contributed by atoms with Crippen LogP contribution in [0.25, 0.3) is 11.4 Å². The van der Waals surface area contributed by atoms with Crippen LogP contribution in [0.2, 0.25) is 0 Å². The number of aromatic nitrogens is 3. The van der Waals surface area contributed by atoms with Crippen molar-refractivity contribution in [1.82, 2.24) is 19.9 Å². The van der Waals surface area contributed by atoms with Gasteiger partial charge in [0.25, 0.3) is 5.91 Å². The van der Waals surface area contributed by atoms with E-state index in [0.29, 0.717) is 22.5 Å². The summed E-state index contributed by atoms with van der Waals surface area (Å²) in [6, 6.07) is 7.44. The number of amides is 2. The van der Waals surface area contributed by atoms with Crippen molar-refractivity contribution in [3.8, 4) is 11.4 Å². The van der Waals surface area contributed by atoms with Crippen LogP contribution in [-0.4, -0.2) is 45.6 Å². The van der Waals surface area contributed by atoms with Crippen molar-refractivity contribution >= 4 is 28.3 Å². The fourth-order valence-electron chi connectivity index (χ4n) is 4.05. The van der Waals surface area contributed by atoms with Gasteiger partial charge in [-0.25, -0.2) is 4.98 Å². The lowest BCUT2D eigenvalue weighted by molar-refractivity contribution is -0.115. The van der Waals surface area contributed by atoms with Crippen molar-refractivity contribution in [2.75, 3.05) is 18.5 Å². The molecule has 3 heterocycles. The summed E-state index contributed by atoms with van der Waals surface area (Å²) in [6.45, 7) is 17.7. The summed E-state index contributed by atoms with van der Waals surface area (Å²) in [6.07, 6.45) is 10.5. The van der Waals surface area contributed by atoms with Crippen LogP contribution in [0.5, 0.6) is 0 Å². The Morgan fingerprint density at radius 2 is 1.80 bits per heavy atom. The highest BCUT2D eigenvalue weighted by molar-refractivity contribution is 7.14. The molecule has 3 aromatic rings. The van der Waals surface area contributed by atoms with Gasteiger partial charge in [0.1, 0.15) is 5.69 Å². The Bertz CT molecular complexity index is 1210. The number of anilines is 1. The predicted octanol–water partition coefficient (Wildman–Crippen LogP) is 7.46. The largest absolute Gasteiger partial charge is 0.379 e. The number of nitrogens with one attached hydrogen (secondary N) is 2. The number of pyridine rings is 1. The molecule has 2 unspecified atom stereocenters. The highest BCUT2D eigenvalue weighted by atomic mass is 32.1. The minimum atomic E-state index is -0.332. The van der Waals surface area contributed by atoms with Crippen LogP contribution in [0.15, 0.2) is 42.0 Å². The van der Waals surface area contributed by atoms with Gasteiger partial charge >= 0.3 is 0 Å². The second kappa shape index (κ2) is 17.0. The predicted molar refractivity (Wildman–Crippen MR) is 169 cm³/mol. The highest BCUT2D eigenvalue weighted by Gasteiger charge is 2.16. The maximum absolute atomic E-state index is 12.2. The Labute approximate surface area is 250 Å². The summed E-state index contributed by atoms with van der Waals surface area (Å²) < 4.78 is 7.63. The van der Waals surface area contributed by atoms with Crippen LogP contribution >= 0.6 is 11.3 Å². The Hall–Kier alpha value is -3.04. The molecule has 0 spiro atoms. The Kier molecular flexibility index (Phi) is 14.2. The van der Waals surface area contributed by atoms with E-state index in [1.807, 2.05) is 41.3 Å². The molecule has 0 saturated heterocycles. The van der Waals surface area contributed by atoms with Gasteiger partial charge in [-0.2, -0.15) is 0 Å². The van der Waals surface area contributed by atoms with E-state index in [9.17, 15) is 9.59 Å². The van der Waals surface area contributed by atoms with E-state index in [1.54, 1.807) is 12.3 Å². The number of aryl methyl sites for hydroxylation is 1. The zero-order valence-electron chi connectivity index (χ0n) is 26.1. The number of hydrogen-bond acceptors (Lipinski definition) is 6. The Balaban J connectivity index is 0.000000383. The molecule has 0 aliphatic rings. The van der Waals surface area contributed by atoms with E-state index in [0.717, 1.165) is 23.9 Å². The van der Waals surface area contributed by atoms with E-state index in [2.05, 4.69) is 69.1 Å². The minimum Gasteiger partial charge on any atom is -0.379 e. The molecule has 0 aliphatic carbocycles. The van der Waals surface area contributed by atoms with E-state index in [4.69, 9.17) is 4.74 Å². The fourth-order valence-corrected chi connectivity index (χ4v) is 4.77. The molecule has 2 N–H and O–H groups in total. The molecule has 0 bridgehead atoms. The average molecular weight is 584 g/mol. The lowest BCUT2D eigenvalue weighted by atomic mass is 9.99. The maximum atomic E-state index is 12.2. The number of hydrogen-bond donors (Lipinski definition) is 2. The molecule has 3 rings (SSSR count). The monoisotopic (exact) mass is 583 g/mol. The van der Waals surface area contributed by atoms with Crippen LogP contribution in [0.4, 0.5) is 5.13 Å². The van der Waals surface area contributed by atoms with E-state index in [-0.39, 0.29) is 23.9 Å². The molecule has 9 heteroatoms. The van der Waals surface area contributed by atoms with Crippen LogP contribution in [0.3, 0.4) is 0 Å². The first-order valence-corrected chi connectivity index (χ1v) is 15.6. The van der Waals surface area contributed by atoms with Gasteiger partial charge in [0, 0.05) is 35.6 Å². The molecule has 3 aromatic heterocycles. The molecule has 0 saturated carbocycles. The third-order valence-electron chi connectivity index (χ3n) is 6.73. The number of nitrogens with zero attached hydrogens (tertiary/aromatic N) is 3. The zero-order valence-corrected chi connectivity index (χ0v) is 26.9. The van der Waals surface area contributed by atoms with Gasteiger partial charge in [-0.15, -0.1) is 11.3 Å². The number of carbonyl (C=O) groups excluding carboxylic acids is 2. The van der Waals surface area contributed by atoms with Crippen molar-refractivity contribution in [3.63, 3.8) is 0 Å². The Morgan fingerprint density at radius 1 is 1.05 bits per heavy atom. The zero-order chi connectivity index (χ0) is 30.4. The van der Waals surface area contributed by atoms with Crippen molar-refractivity contribution < 1.29 is 14.3 Å². The van der Waals surface area contributed by atoms with Gasteiger partial charge in [-0.3, -0.25) is 14.6 Å². The molecule has 2 amide bonds. The van der Waals surface area contributed by atoms with E-state index in [1.165, 1.54) is 43.4 Å². The number of rotatable bonds is 13. The molecule has 0 aliphatic heterocycles. The summed E-state index contributed by atoms with van der Waals surface area (Å²) in [7, 11) is 0. The van der Waals surface area contributed by atoms with Gasteiger partial charge < -0.3 is 19.9 Å². The van der Waals surface area contributed by atoms with Crippen LogP contribution < -0.4 is 10.6 Å². The quantitative estimate of drug-likeness (QED) is 0.218. The number of thiazole rings is 1. The topological polar surface area (TPSA) is 98.1 Å². The van der Waals surface area contributed by atoms with Gasteiger partial charge in [0.05, 0.1) is 23.9 Å². The smallest absolute Gasteiger partial charge is 0.253 e. The summed E-state index contributed by atoms with van der Waals surface area (Å²) in [5.74, 6) is 0.239. The lowest BCUT2D eigenvalue weighted by Gasteiger charge is -2.20. The Morgan fingerprint density at radius 3 is 2.41 bits per heavy atom.